The van der Waals surface area contributed by atoms with E-state index in [-0.39, 0.29) is 35.3 Å². The average Bonchev–Trinajstić information content (AvgIpc) is 3.54. The van der Waals surface area contributed by atoms with Crippen LogP contribution in [-0.4, -0.2) is 44.9 Å². The highest BCUT2D eigenvalue weighted by molar-refractivity contribution is 6.15. The minimum atomic E-state index is -1.32. The Kier molecular flexibility index (Phi) is 4.55. The van der Waals surface area contributed by atoms with Crippen LogP contribution in [0.4, 0.5) is 5.69 Å². The van der Waals surface area contributed by atoms with Gasteiger partial charge in [-0.2, -0.15) is 0 Å². The number of hydrogen-bond donors (Lipinski definition) is 4. The number of nitrogens with one attached hydrogen (secondary N) is 2. The number of likely N-dealkylation sites (tertiary alicyclic amines) is 1. The molecule has 2 saturated heterocycles. The first-order valence-corrected chi connectivity index (χ1v) is 11.9. The molecule has 1 spiro atoms. The second-order valence-electron chi connectivity index (χ2n) is 10.1. The molecule has 3 fully saturated rings. The molecule has 3 aliphatic heterocycles. The smallest absolute Gasteiger partial charge is 0.250 e. The largest absolute Gasteiger partial charge is 0.504 e. The average molecular weight is 462 g/mol. The number of aromatic hydroxyl groups is 2. The lowest BCUT2D eigenvalue weighted by Crippen LogP contribution is -2.54. The van der Waals surface area contributed by atoms with Crippen molar-refractivity contribution in [2.75, 3.05) is 5.32 Å². The lowest BCUT2D eigenvalue weighted by molar-refractivity contribution is -0.145. The van der Waals surface area contributed by atoms with Crippen LogP contribution in [0.3, 0.4) is 0 Å². The second kappa shape index (κ2) is 7.30. The number of carbonyl (C=O) groups excluding carboxylic acids is 3. The predicted octanol–water partition coefficient (Wildman–Crippen LogP) is 2.31. The number of phenols is 2. The van der Waals surface area contributed by atoms with Gasteiger partial charge in [0.1, 0.15) is 5.54 Å². The number of anilines is 1. The fourth-order valence-corrected chi connectivity index (χ4v) is 6.59. The van der Waals surface area contributed by atoms with E-state index in [2.05, 4.69) is 10.6 Å². The van der Waals surface area contributed by atoms with Gasteiger partial charge in [-0.15, -0.1) is 0 Å². The summed E-state index contributed by atoms with van der Waals surface area (Å²) >= 11 is 0. The van der Waals surface area contributed by atoms with Crippen LogP contribution in [-0.2, 0) is 26.3 Å². The summed E-state index contributed by atoms with van der Waals surface area (Å²) in [5, 5.41) is 26.1. The molecule has 8 nitrogen and oxygen atoms in total. The number of nitrogens with zero attached hydrogens (tertiary/aromatic N) is 1. The standard InChI is InChI=1S/C26H27N3O5/c1-13-6-8-17-16(10-13)26(25(34)27-17)22-21(23(32)29(24(22)33)15-4-2-3-5-15)18(28-26)11-14-7-9-19(30)20(31)12-14/h6-10,12,15,18,21-22,28,30-31H,2-5,11H2,1H3,(H,27,34)/t18-,21-,22+,26+/m1/s1. The van der Waals surface area contributed by atoms with Gasteiger partial charge in [0.15, 0.2) is 11.5 Å². The number of carbonyl (C=O) groups is 3. The van der Waals surface area contributed by atoms with E-state index in [1.807, 2.05) is 25.1 Å². The van der Waals surface area contributed by atoms with E-state index in [0.29, 0.717) is 23.2 Å². The molecule has 2 aromatic rings. The van der Waals surface area contributed by atoms with Crippen LogP contribution in [0.5, 0.6) is 11.5 Å². The fourth-order valence-electron chi connectivity index (χ4n) is 6.59. The highest BCUT2D eigenvalue weighted by Crippen LogP contribution is 2.54. The van der Waals surface area contributed by atoms with Crippen molar-refractivity contribution in [3.8, 4) is 11.5 Å². The van der Waals surface area contributed by atoms with E-state index in [4.69, 9.17) is 0 Å². The molecule has 3 heterocycles. The molecule has 3 amide bonds. The monoisotopic (exact) mass is 461 g/mol. The molecule has 34 heavy (non-hydrogen) atoms. The summed E-state index contributed by atoms with van der Waals surface area (Å²) in [6.45, 7) is 1.94. The summed E-state index contributed by atoms with van der Waals surface area (Å²) in [6, 6.07) is 9.61. The summed E-state index contributed by atoms with van der Waals surface area (Å²) in [6.07, 6.45) is 3.90. The third kappa shape index (κ3) is 2.78. The van der Waals surface area contributed by atoms with Gasteiger partial charge in [0, 0.05) is 23.3 Å². The number of hydrogen-bond acceptors (Lipinski definition) is 6. The third-order valence-electron chi connectivity index (χ3n) is 8.09. The molecule has 1 saturated carbocycles. The van der Waals surface area contributed by atoms with Crippen molar-refractivity contribution in [1.82, 2.24) is 10.2 Å². The van der Waals surface area contributed by atoms with Gasteiger partial charge in [0.25, 0.3) is 0 Å². The summed E-state index contributed by atoms with van der Waals surface area (Å²) in [5.41, 5.74) is 1.70. The number of rotatable bonds is 3. The minimum absolute atomic E-state index is 0.109. The molecule has 0 aromatic heterocycles. The van der Waals surface area contributed by atoms with Crippen molar-refractivity contribution in [3.63, 3.8) is 0 Å². The summed E-state index contributed by atoms with van der Waals surface area (Å²) in [7, 11) is 0. The van der Waals surface area contributed by atoms with Gasteiger partial charge in [0.05, 0.1) is 11.8 Å². The van der Waals surface area contributed by atoms with E-state index in [1.165, 1.54) is 17.0 Å². The van der Waals surface area contributed by atoms with Crippen molar-refractivity contribution >= 4 is 23.4 Å². The van der Waals surface area contributed by atoms with E-state index >= 15 is 0 Å². The first-order valence-electron chi connectivity index (χ1n) is 11.9. The Bertz CT molecular complexity index is 1240. The van der Waals surface area contributed by atoms with E-state index in [9.17, 15) is 24.6 Å². The summed E-state index contributed by atoms with van der Waals surface area (Å²) in [4.78, 5) is 42.7. The number of phenolic OH excluding ortho intramolecular Hbond substituents is 2. The van der Waals surface area contributed by atoms with Crippen LogP contribution in [0.25, 0.3) is 0 Å². The Labute approximate surface area is 197 Å². The molecule has 176 valence electrons. The van der Waals surface area contributed by atoms with Crippen molar-refractivity contribution < 1.29 is 24.6 Å². The molecule has 0 unspecified atom stereocenters. The van der Waals surface area contributed by atoms with Crippen LogP contribution in [0.15, 0.2) is 36.4 Å². The minimum Gasteiger partial charge on any atom is -0.504 e. The first kappa shape index (κ1) is 21.2. The molecule has 0 radical (unpaired) electrons. The van der Waals surface area contributed by atoms with Gasteiger partial charge >= 0.3 is 0 Å². The van der Waals surface area contributed by atoms with Gasteiger partial charge in [-0.25, -0.2) is 0 Å². The van der Waals surface area contributed by atoms with E-state index < -0.39 is 23.4 Å². The van der Waals surface area contributed by atoms with E-state index in [0.717, 1.165) is 31.2 Å². The van der Waals surface area contributed by atoms with Gasteiger partial charge < -0.3 is 15.5 Å². The summed E-state index contributed by atoms with van der Waals surface area (Å²) in [5.74, 6) is -2.79. The zero-order chi connectivity index (χ0) is 23.8. The van der Waals surface area contributed by atoms with E-state index in [1.54, 1.807) is 6.07 Å². The first-order chi connectivity index (χ1) is 16.3. The Hall–Kier alpha value is -3.39. The lowest BCUT2D eigenvalue weighted by Gasteiger charge is -2.31. The van der Waals surface area contributed by atoms with Crippen LogP contribution in [0.1, 0.15) is 42.4 Å². The van der Waals surface area contributed by atoms with Crippen LogP contribution in [0, 0.1) is 18.8 Å². The molecule has 4 atom stereocenters. The number of fused-ring (bicyclic) bond motifs is 4. The molecule has 0 bridgehead atoms. The number of amides is 3. The topological polar surface area (TPSA) is 119 Å². The second-order valence-corrected chi connectivity index (χ2v) is 10.1. The maximum absolute atomic E-state index is 13.9. The molecule has 2 aromatic carbocycles. The Morgan fingerprint density at radius 1 is 1.00 bits per heavy atom. The molecule has 6 rings (SSSR count). The molecule has 8 heteroatoms. The van der Waals surface area contributed by atoms with Gasteiger partial charge in [-0.1, -0.05) is 36.6 Å². The van der Waals surface area contributed by atoms with Crippen LogP contribution in [0.2, 0.25) is 0 Å². The zero-order valence-corrected chi connectivity index (χ0v) is 18.9. The highest BCUT2D eigenvalue weighted by atomic mass is 16.3. The molecular formula is C26H27N3O5. The predicted molar refractivity (Wildman–Crippen MR) is 123 cm³/mol. The van der Waals surface area contributed by atoms with Gasteiger partial charge in [-0.3, -0.25) is 24.6 Å². The summed E-state index contributed by atoms with van der Waals surface area (Å²) < 4.78 is 0. The number of benzene rings is 2. The maximum atomic E-state index is 13.9. The third-order valence-corrected chi connectivity index (χ3v) is 8.09. The fraction of sp³-hybridized carbons (Fsp3) is 0.423. The van der Waals surface area contributed by atoms with Crippen LogP contribution >= 0.6 is 0 Å². The Balaban J connectivity index is 1.47. The SMILES string of the molecule is Cc1ccc2c(c1)[C@@]1(N[C@H](Cc3ccc(O)c(O)c3)[C@H]3C(=O)N(C4CCCC4)C(=O)[C@H]31)C(=O)N2. The van der Waals surface area contributed by atoms with Gasteiger partial charge in [-0.05, 0) is 49.9 Å². The van der Waals surface area contributed by atoms with Crippen molar-refractivity contribution in [2.24, 2.45) is 11.8 Å². The quantitative estimate of drug-likeness (QED) is 0.412. The number of aryl methyl sites for hydroxylation is 1. The Morgan fingerprint density at radius 3 is 2.50 bits per heavy atom. The molecule has 1 aliphatic carbocycles. The lowest BCUT2D eigenvalue weighted by atomic mass is 9.76. The van der Waals surface area contributed by atoms with Gasteiger partial charge in [0.2, 0.25) is 17.7 Å². The zero-order valence-electron chi connectivity index (χ0n) is 18.9. The maximum Gasteiger partial charge on any atom is 0.250 e. The number of imide groups is 1. The normalized spacial score (nSPS) is 30.3. The van der Waals surface area contributed by atoms with Crippen molar-refractivity contribution in [2.45, 2.75) is 56.7 Å². The molecule has 4 N–H and O–H groups in total. The van der Waals surface area contributed by atoms with Crippen molar-refractivity contribution in [1.29, 1.82) is 0 Å². The van der Waals surface area contributed by atoms with Crippen LogP contribution < -0.4 is 10.6 Å². The van der Waals surface area contributed by atoms with Crippen molar-refractivity contribution in [3.05, 3.63) is 53.1 Å². The molecular weight excluding hydrogens is 434 g/mol. The molecule has 4 aliphatic rings. The Morgan fingerprint density at radius 2 is 1.76 bits per heavy atom. The highest BCUT2D eigenvalue weighted by Gasteiger charge is 2.70.